The van der Waals surface area contributed by atoms with Crippen LogP contribution < -0.4 is 14.8 Å². The SMILES string of the molecule is CC(=O)Nc1ccc(OC(C)(C)C)cc1.CO[C@@]12CC[C@@]3(C[C@@H]1[C@](C)(O)C(C)(C)C)[C@H]1Cc4ccc(O)c5c4[C@@]3(CCN1CC1CC1)[C@H]2O5. The first kappa shape index (κ1) is 34.6. The predicted molar refractivity (Wildman–Crippen MR) is 191 cm³/mol. The quantitative estimate of drug-likeness (QED) is 0.297. The van der Waals surface area contributed by atoms with Crippen molar-refractivity contribution in [3.8, 4) is 17.2 Å². The Balaban J connectivity index is 0.000000214. The zero-order valence-corrected chi connectivity index (χ0v) is 31.1. The Bertz CT molecular complexity index is 1600. The number of fused-ring (bicyclic) bond motifs is 2. The summed E-state index contributed by atoms with van der Waals surface area (Å²) in [7, 11) is 1.83. The second kappa shape index (κ2) is 11.3. The van der Waals surface area contributed by atoms with Crippen LogP contribution in [0.1, 0.15) is 105 Å². The van der Waals surface area contributed by atoms with Crippen molar-refractivity contribution in [2.45, 2.75) is 135 Å². The molecule has 0 aromatic heterocycles. The van der Waals surface area contributed by atoms with E-state index in [1.807, 2.05) is 65.1 Å². The Hall–Kier alpha value is -2.81. The summed E-state index contributed by atoms with van der Waals surface area (Å²) >= 11 is 0. The molecular weight excluding hydrogens is 616 g/mol. The Morgan fingerprint density at radius 2 is 1.71 bits per heavy atom. The third-order valence-corrected chi connectivity index (χ3v) is 13.5. The molecule has 2 aromatic carbocycles. The number of ether oxygens (including phenoxy) is 3. The van der Waals surface area contributed by atoms with Gasteiger partial charge in [-0.25, -0.2) is 0 Å². The number of phenols is 1. The molecule has 7 atom stereocenters. The Morgan fingerprint density at radius 1 is 1.02 bits per heavy atom. The number of phenolic OH excluding ortho intramolecular Hbond substituents is 1. The summed E-state index contributed by atoms with van der Waals surface area (Å²) in [6.45, 7) is 18.3. The standard InChI is InChI=1S/C29H41NO4.C12H17NO2/c1-25(2,3)26(4,32)20-15-27-10-11-29(20,33-5)24-28(27)12-13-30(16-17-6-7-17)21(27)14-18-8-9-19(31)23(34-24)22(18)28;1-9(14)13-10-5-7-11(8-6-10)15-12(2,3)4/h8-9,17,20-21,24,31-32H,6-7,10-16H2,1-5H3;5-8H,1-4H3,(H,13,14)/t20-,21-,24-,26+,27-,28+,29+;/m1./s1. The highest BCUT2D eigenvalue weighted by molar-refractivity contribution is 5.88. The van der Waals surface area contributed by atoms with E-state index < -0.39 is 11.2 Å². The van der Waals surface area contributed by atoms with Crippen LogP contribution in [0.2, 0.25) is 0 Å². The fourth-order valence-corrected chi connectivity index (χ4v) is 10.7. The van der Waals surface area contributed by atoms with Crippen LogP contribution in [-0.4, -0.2) is 70.2 Å². The molecule has 9 rings (SSSR count). The molecule has 3 N–H and O–H groups in total. The summed E-state index contributed by atoms with van der Waals surface area (Å²) < 4.78 is 19.1. The van der Waals surface area contributed by atoms with E-state index in [0.29, 0.717) is 11.8 Å². The minimum Gasteiger partial charge on any atom is -0.504 e. The van der Waals surface area contributed by atoms with Gasteiger partial charge < -0.3 is 29.7 Å². The smallest absolute Gasteiger partial charge is 0.221 e. The number of aliphatic hydroxyl groups is 1. The van der Waals surface area contributed by atoms with E-state index in [-0.39, 0.29) is 45.5 Å². The highest BCUT2D eigenvalue weighted by atomic mass is 16.6. The van der Waals surface area contributed by atoms with Crippen LogP contribution in [0.4, 0.5) is 5.69 Å². The minimum absolute atomic E-state index is 0.0294. The second-order valence-corrected chi connectivity index (χ2v) is 18.2. The average Bonchev–Trinajstić information content (AvgIpc) is 3.76. The first-order valence-corrected chi connectivity index (χ1v) is 18.5. The van der Waals surface area contributed by atoms with Gasteiger partial charge >= 0.3 is 0 Å². The molecule has 2 heterocycles. The van der Waals surface area contributed by atoms with Gasteiger partial charge in [0.2, 0.25) is 5.91 Å². The lowest BCUT2D eigenvalue weighted by molar-refractivity contribution is -0.312. The molecule has 8 nitrogen and oxygen atoms in total. The van der Waals surface area contributed by atoms with Gasteiger partial charge in [0.1, 0.15) is 23.1 Å². The fraction of sp³-hybridized carbons (Fsp3) is 0.683. The van der Waals surface area contributed by atoms with Crippen molar-refractivity contribution in [3.63, 3.8) is 0 Å². The molecule has 2 aromatic rings. The van der Waals surface area contributed by atoms with Gasteiger partial charge in [-0.05, 0) is 126 Å². The van der Waals surface area contributed by atoms with Crippen molar-refractivity contribution in [3.05, 3.63) is 47.5 Å². The van der Waals surface area contributed by atoms with Crippen molar-refractivity contribution < 1.29 is 29.2 Å². The molecule has 2 spiro atoms. The summed E-state index contributed by atoms with van der Waals surface area (Å²) in [5, 5.41) is 25.9. The first-order chi connectivity index (χ1) is 22.9. The molecule has 1 amide bonds. The lowest BCUT2D eigenvalue weighted by Gasteiger charge is -2.75. The number of hydrogen-bond donors (Lipinski definition) is 3. The van der Waals surface area contributed by atoms with Crippen LogP contribution in [0.3, 0.4) is 0 Å². The molecule has 49 heavy (non-hydrogen) atoms. The number of benzene rings is 2. The van der Waals surface area contributed by atoms with Crippen molar-refractivity contribution in [2.75, 3.05) is 25.5 Å². The zero-order chi connectivity index (χ0) is 35.4. The van der Waals surface area contributed by atoms with E-state index in [2.05, 4.69) is 37.1 Å². The largest absolute Gasteiger partial charge is 0.504 e. The van der Waals surface area contributed by atoms with Crippen LogP contribution in [0.5, 0.6) is 17.2 Å². The van der Waals surface area contributed by atoms with Crippen LogP contribution in [-0.2, 0) is 21.4 Å². The Labute approximate surface area is 292 Å². The van der Waals surface area contributed by atoms with E-state index in [0.717, 1.165) is 56.0 Å². The summed E-state index contributed by atoms with van der Waals surface area (Å²) in [6.07, 6.45) is 7.64. The number of methoxy groups -OCH3 is 1. The van der Waals surface area contributed by atoms with Gasteiger partial charge in [0, 0.05) is 54.6 Å². The van der Waals surface area contributed by atoms with E-state index in [1.165, 1.54) is 37.4 Å². The lowest BCUT2D eigenvalue weighted by atomic mass is 9.33. The molecule has 4 bridgehead atoms. The van der Waals surface area contributed by atoms with E-state index in [9.17, 15) is 15.0 Å². The summed E-state index contributed by atoms with van der Waals surface area (Å²) in [6, 6.07) is 11.8. The van der Waals surface area contributed by atoms with Gasteiger partial charge in [0.25, 0.3) is 0 Å². The normalized spacial score (nSPS) is 33.8. The maximum atomic E-state index is 12.2. The van der Waals surface area contributed by atoms with Gasteiger partial charge in [-0.15, -0.1) is 0 Å². The highest BCUT2D eigenvalue weighted by Crippen LogP contribution is 2.78. The predicted octanol–water partition coefficient (Wildman–Crippen LogP) is 7.24. The third-order valence-electron chi connectivity index (χ3n) is 13.5. The van der Waals surface area contributed by atoms with E-state index in [1.54, 1.807) is 0 Å². The van der Waals surface area contributed by atoms with Gasteiger partial charge in [-0.3, -0.25) is 9.69 Å². The number of piperidine rings is 1. The molecule has 5 aliphatic carbocycles. The molecule has 268 valence electrons. The highest BCUT2D eigenvalue weighted by Gasteiger charge is 2.82. The number of nitrogens with zero attached hydrogens (tertiary/aromatic N) is 1. The molecule has 2 aliphatic heterocycles. The summed E-state index contributed by atoms with van der Waals surface area (Å²) in [5.74, 6) is 2.53. The first-order valence-electron chi connectivity index (χ1n) is 18.5. The zero-order valence-electron chi connectivity index (χ0n) is 31.1. The van der Waals surface area contributed by atoms with Gasteiger partial charge in [0.05, 0.1) is 5.60 Å². The fourth-order valence-electron chi connectivity index (χ4n) is 10.7. The molecule has 0 unspecified atom stereocenters. The number of anilines is 1. The van der Waals surface area contributed by atoms with E-state index >= 15 is 0 Å². The molecule has 8 heteroatoms. The topological polar surface area (TPSA) is 100 Å². The number of rotatable bonds is 6. The second-order valence-electron chi connectivity index (χ2n) is 18.2. The van der Waals surface area contributed by atoms with Crippen molar-refractivity contribution in [1.82, 2.24) is 4.90 Å². The number of carbonyl (C=O) groups excluding carboxylic acids is 1. The van der Waals surface area contributed by atoms with Crippen molar-refractivity contribution in [2.24, 2.45) is 22.7 Å². The van der Waals surface area contributed by atoms with Crippen molar-refractivity contribution >= 4 is 11.6 Å². The molecule has 7 aliphatic rings. The van der Waals surface area contributed by atoms with Crippen LogP contribution in [0.25, 0.3) is 0 Å². The van der Waals surface area contributed by atoms with Gasteiger partial charge in [-0.1, -0.05) is 26.8 Å². The number of aromatic hydroxyl groups is 1. The minimum atomic E-state index is -0.909. The summed E-state index contributed by atoms with van der Waals surface area (Å²) in [5.41, 5.74) is 1.37. The maximum absolute atomic E-state index is 12.2. The lowest BCUT2D eigenvalue weighted by Crippen LogP contribution is -2.83. The Kier molecular flexibility index (Phi) is 8.02. The molecular formula is C41H58N2O6. The monoisotopic (exact) mass is 674 g/mol. The van der Waals surface area contributed by atoms with Crippen molar-refractivity contribution in [1.29, 1.82) is 0 Å². The van der Waals surface area contributed by atoms with E-state index in [4.69, 9.17) is 14.2 Å². The van der Waals surface area contributed by atoms with Gasteiger partial charge in [0.15, 0.2) is 11.5 Å². The molecule has 0 radical (unpaired) electrons. The third kappa shape index (κ3) is 5.21. The number of likely N-dealkylation sites (tertiary alicyclic amines) is 1. The number of hydrogen-bond acceptors (Lipinski definition) is 7. The number of nitrogens with one attached hydrogen (secondary N) is 1. The van der Waals surface area contributed by atoms with Gasteiger partial charge in [-0.2, -0.15) is 0 Å². The van der Waals surface area contributed by atoms with Crippen LogP contribution in [0.15, 0.2) is 36.4 Å². The number of carbonyl (C=O) groups is 1. The molecule has 4 saturated carbocycles. The van der Waals surface area contributed by atoms with Crippen LogP contribution in [0, 0.1) is 22.7 Å². The molecule has 1 saturated heterocycles. The summed E-state index contributed by atoms with van der Waals surface area (Å²) in [4.78, 5) is 13.6. The average molecular weight is 675 g/mol. The van der Waals surface area contributed by atoms with Crippen LogP contribution >= 0.6 is 0 Å². The Morgan fingerprint density at radius 3 is 2.31 bits per heavy atom. The molecule has 5 fully saturated rings. The number of amides is 1. The maximum Gasteiger partial charge on any atom is 0.221 e.